The van der Waals surface area contributed by atoms with E-state index in [2.05, 4.69) is 29.8 Å². The average Bonchev–Trinajstić information content (AvgIpc) is 2.39. The summed E-state index contributed by atoms with van der Waals surface area (Å²) in [6, 6.07) is 10.2. The van der Waals surface area contributed by atoms with Crippen LogP contribution in [-0.2, 0) is 4.79 Å². The molecule has 0 bridgehead atoms. The molecule has 0 radical (unpaired) electrons. The molecule has 0 aliphatic heterocycles. The molecule has 1 atom stereocenters. The molecule has 4 heteroatoms. The van der Waals surface area contributed by atoms with Crippen molar-refractivity contribution < 1.29 is 4.79 Å². The zero-order valence-corrected chi connectivity index (χ0v) is 12.4. The predicted octanol–water partition coefficient (Wildman–Crippen LogP) is 2.34. The summed E-state index contributed by atoms with van der Waals surface area (Å²) in [5, 5.41) is 9.69. The zero-order chi connectivity index (χ0) is 14.4. The number of para-hydroxylation sites is 1. The minimum absolute atomic E-state index is 0.125. The van der Waals surface area contributed by atoms with E-state index in [0.717, 1.165) is 18.5 Å². The number of hydrogen-bond acceptors (Lipinski definition) is 3. The maximum Gasteiger partial charge on any atom is 0.237 e. The molecule has 0 spiro atoms. The van der Waals surface area contributed by atoms with E-state index in [1.54, 1.807) is 0 Å². The minimum atomic E-state index is -0.146. The molecular formula is C16H25N3O. The van der Waals surface area contributed by atoms with E-state index in [0.29, 0.717) is 12.7 Å². The monoisotopic (exact) mass is 275 g/mol. The number of carbonyl (C=O) groups is 1. The van der Waals surface area contributed by atoms with Crippen molar-refractivity contribution in [1.82, 2.24) is 10.6 Å². The summed E-state index contributed by atoms with van der Waals surface area (Å²) in [6.07, 6.45) is 3.48. The highest BCUT2D eigenvalue weighted by molar-refractivity contribution is 5.82. The fourth-order valence-electron chi connectivity index (χ4n) is 2.29. The van der Waals surface area contributed by atoms with Gasteiger partial charge in [-0.25, -0.2) is 0 Å². The Balaban J connectivity index is 1.78. The molecule has 20 heavy (non-hydrogen) atoms. The molecule has 1 aliphatic rings. The molecule has 1 fully saturated rings. The molecule has 1 unspecified atom stereocenters. The molecule has 2 rings (SSSR count). The van der Waals surface area contributed by atoms with Gasteiger partial charge in [0, 0.05) is 11.7 Å². The first-order chi connectivity index (χ1) is 9.66. The molecule has 4 nitrogen and oxygen atoms in total. The van der Waals surface area contributed by atoms with Gasteiger partial charge in [0.05, 0.1) is 12.7 Å². The molecule has 1 aromatic carbocycles. The van der Waals surface area contributed by atoms with E-state index in [1.807, 2.05) is 30.3 Å². The van der Waals surface area contributed by atoms with Crippen LogP contribution in [0.1, 0.15) is 33.1 Å². The number of hydrogen-bond donors (Lipinski definition) is 3. The van der Waals surface area contributed by atoms with Crippen LogP contribution in [0.25, 0.3) is 0 Å². The molecule has 110 valence electrons. The standard InChI is InChI=1S/C16H25N3O/c1-12(2)15(16(20)19-14-9-6-10-14)18-11-17-13-7-4-3-5-8-13/h3-5,7-8,12,14-15,17-18H,6,9-11H2,1-2H3,(H,19,20). The fraction of sp³-hybridized carbons (Fsp3) is 0.562. The summed E-state index contributed by atoms with van der Waals surface area (Å²) in [6.45, 7) is 4.73. The van der Waals surface area contributed by atoms with Gasteiger partial charge < -0.3 is 10.6 Å². The summed E-state index contributed by atoms with van der Waals surface area (Å²) >= 11 is 0. The van der Waals surface area contributed by atoms with Crippen molar-refractivity contribution in [2.75, 3.05) is 12.0 Å². The lowest BCUT2D eigenvalue weighted by Gasteiger charge is -2.30. The van der Waals surface area contributed by atoms with E-state index in [4.69, 9.17) is 0 Å². The Hall–Kier alpha value is -1.55. The van der Waals surface area contributed by atoms with Crippen molar-refractivity contribution in [3.63, 3.8) is 0 Å². The second-order valence-corrected chi connectivity index (χ2v) is 5.78. The van der Waals surface area contributed by atoms with Crippen LogP contribution in [0.15, 0.2) is 30.3 Å². The first kappa shape index (κ1) is 14.9. The Bertz CT molecular complexity index is 415. The van der Waals surface area contributed by atoms with Crippen LogP contribution in [0.3, 0.4) is 0 Å². The second kappa shape index (κ2) is 7.29. The van der Waals surface area contributed by atoms with Gasteiger partial charge >= 0.3 is 0 Å². The smallest absolute Gasteiger partial charge is 0.237 e. The third-order valence-electron chi connectivity index (χ3n) is 3.79. The third kappa shape index (κ3) is 4.23. The lowest BCUT2D eigenvalue weighted by atomic mass is 9.92. The van der Waals surface area contributed by atoms with E-state index in [1.165, 1.54) is 6.42 Å². The minimum Gasteiger partial charge on any atom is -0.372 e. The predicted molar refractivity (Wildman–Crippen MR) is 82.5 cm³/mol. The summed E-state index contributed by atoms with van der Waals surface area (Å²) in [7, 11) is 0. The summed E-state index contributed by atoms with van der Waals surface area (Å²) in [4.78, 5) is 12.2. The van der Waals surface area contributed by atoms with Crippen molar-refractivity contribution in [3.8, 4) is 0 Å². The van der Waals surface area contributed by atoms with Crippen molar-refractivity contribution in [2.24, 2.45) is 5.92 Å². The van der Waals surface area contributed by atoms with E-state index < -0.39 is 0 Å². The first-order valence-electron chi connectivity index (χ1n) is 7.49. The largest absolute Gasteiger partial charge is 0.372 e. The van der Waals surface area contributed by atoms with Crippen LogP contribution >= 0.6 is 0 Å². The van der Waals surface area contributed by atoms with E-state index >= 15 is 0 Å². The summed E-state index contributed by atoms with van der Waals surface area (Å²) in [5.74, 6) is 0.396. The van der Waals surface area contributed by atoms with E-state index in [-0.39, 0.29) is 17.9 Å². The lowest BCUT2D eigenvalue weighted by Crippen LogP contribution is -2.52. The molecule has 3 N–H and O–H groups in total. The van der Waals surface area contributed by atoms with Gasteiger partial charge in [-0.3, -0.25) is 10.1 Å². The Labute approximate surface area is 121 Å². The van der Waals surface area contributed by atoms with Gasteiger partial charge in [-0.2, -0.15) is 0 Å². The number of anilines is 1. The fourth-order valence-corrected chi connectivity index (χ4v) is 2.29. The Morgan fingerprint density at radius 3 is 2.50 bits per heavy atom. The average molecular weight is 275 g/mol. The van der Waals surface area contributed by atoms with Crippen molar-refractivity contribution in [2.45, 2.75) is 45.2 Å². The van der Waals surface area contributed by atoms with Crippen LogP contribution in [0, 0.1) is 5.92 Å². The Morgan fingerprint density at radius 1 is 1.25 bits per heavy atom. The molecular weight excluding hydrogens is 250 g/mol. The number of carbonyl (C=O) groups excluding carboxylic acids is 1. The Kier molecular flexibility index (Phi) is 5.41. The third-order valence-corrected chi connectivity index (χ3v) is 3.79. The van der Waals surface area contributed by atoms with Crippen LogP contribution in [0.2, 0.25) is 0 Å². The normalized spacial score (nSPS) is 16.6. The van der Waals surface area contributed by atoms with Crippen LogP contribution < -0.4 is 16.0 Å². The van der Waals surface area contributed by atoms with Gasteiger partial charge in [0.2, 0.25) is 5.91 Å². The number of rotatable bonds is 7. The molecule has 1 aromatic rings. The topological polar surface area (TPSA) is 53.2 Å². The highest BCUT2D eigenvalue weighted by atomic mass is 16.2. The van der Waals surface area contributed by atoms with Crippen molar-refractivity contribution >= 4 is 11.6 Å². The summed E-state index contributed by atoms with van der Waals surface area (Å²) < 4.78 is 0. The molecule has 1 saturated carbocycles. The van der Waals surface area contributed by atoms with Crippen molar-refractivity contribution in [3.05, 3.63) is 30.3 Å². The SMILES string of the molecule is CC(C)C(NCNc1ccccc1)C(=O)NC1CCC1. The molecule has 0 aromatic heterocycles. The van der Waals surface area contributed by atoms with Crippen molar-refractivity contribution in [1.29, 1.82) is 0 Å². The highest BCUT2D eigenvalue weighted by Gasteiger charge is 2.26. The Morgan fingerprint density at radius 2 is 1.95 bits per heavy atom. The number of amides is 1. The molecule has 1 aliphatic carbocycles. The van der Waals surface area contributed by atoms with Gasteiger partial charge in [-0.15, -0.1) is 0 Å². The molecule has 0 saturated heterocycles. The van der Waals surface area contributed by atoms with Gasteiger partial charge in [0.15, 0.2) is 0 Å². The van der Waals surface area contributed by atoms with Gasteiger partial charge in [0.1, 0.15) is 0 Å². The lowest BCUT2D eigenvalue weighted by molar-refractivity contribution is -0.125. The van der Waals surface area contributed by atoms with Gasteiger partial charge in [-0.05, 0) is 37.3 Å². The maximum absolute atomic E-state index is 12.2. The summed E-state index contributed by atoms with van der Waals surface area (Å²) in [5.41, 5.74) is 1.06. The van der Waals surface area contributed by atoms with Gasteiger partial charge in [0.25, 0.3) is 0 Å². The van der Waals surface area contributed by atoms with Crippen LogP contribution in [0.5, 0.6) is 0 Å². The van der Waals surface area contributed by atoms with Crippen LogP contribution in [-0.4, -0.2) is 24.7 Å². The second-order valence-electron chi connectivity index (χ2n) is 5.78. The molecule has 0 heterocycles. The molecule has 1 amide bonds. The quantitative estimate of drug-likeness (QED) is 0.670. The van der Waals surface area contributed by atoms with Gasteiger partial charge in [-0.1, -0.05) is 32.0 Å². The number of benzene rings is 1. The number of nitrogens with one attached hydrogen (secondary N) is 3. The van der Waals surface area contributed by atoms with E-state index in [9.17, 15) is 4.79 Å². The maximum atomic E-state index is 12.2. The highest BCUT2D eigenvalue weighted by Crippen LogP contribution is 2.18. The zero-order valence-electron chi connectivity index (χ0n) is 12.4. The van der Waals surface area contributed by atoms with Crippen LogP contribution in [0.4, 0.5) is 5.69 Å². The first-order valence-corrected chi connectivity index (χ1v) is 7.49.